The maximum atomic E-state index is 5.94. The van der Waals surface area contributed by atoms with E-state index >= 15 is 0 Å². The predicted molar refractivity (Wildman–Crippen MR) is 96.3 cm³/mol. The van der Waals surface area contributed by atoms with Crippen molar-refractivity contribution >= 4 is 23.2 Å². The van der Waals surface area contributed by atoms with Crippen molar-refractivity contribution in [2.75, 3.05) is 0 Å². The minimum Gasteiger partial charge on any atom is -0.372 e. The van der Waals surface area contributed by atoms with E-state index in [-0.39, 0.29) is 11.5 Å². The molecule has 0 unspecified atom stereocenters. The summed E-state index contributed by atoms with van der Waals surface area (Å²) >= 11 is 4.67. The Morgan fingerprint density at radius 3 is 2.61 bits per heavy atom. The van der Waals surface area contributed by atoms with E-state index in [4.69, 9.17) is 4.74 Å². The first-order valence-electron chi connectivity index (χ1n) is 7.72. The molecule has 2 aromatic rings. The summed E-state index contributed by atoms with van der Waals surface area (Å²) in [6, 6.07) is 12.1. The number of hydrogen-bond acceptors (Lipinski definition) is 4. The summed E-state index contributed by atoms with van der Waals surface area (Å²) in [6.45, 7) is 9.79. The fraction of sp³-hybridized carbons (Fsp3) is 0.444. The first-order valence-corrected chi connectivity index (χ1v) is 8.12. The molecule has 1 aromatic carbocycles. The van der Waals surface area contributed by atoms with Gasteiger partial charge in [0, 0.05) is 17.2 Å². The van der Waals surface area contributed by atoms with E-state index in [0.29, 0.717) is 19.0 Å². The average molecular weight is 329 g/mol. The molecule has 0 N–H and O–H groups in total. The molecule has 5 heteroatoms. The van der Waals surface area contributed by atoms with Gasteiger partial charge in [0.25, 0.3) is 0 Å². The van der Waals surface area contributed by atoms with E-state index in [1.54, 1.807) is 0 Å². The fourth-order valence-electron chi connectivity index (χ4n) is 2.36. The van der Waals surface area contributed by atoms with Crippen molar-refractivity contribution in [2.45, 2.75) is 52.4 Å². The molecule has 0 bridgehead atoms. The van der Waals surface area contributed by atoms with Crippen molar-refractivity contribution in [3.63, 3.8) is 0 Å². The molecule has 0 fully saturated rings. The summed E-state index contributed by atoms with van der Waals surface area (Å²) in [5.41, 5.74) is 2.25. The zero-order valence-corrected chi connectivity index (χ0v) is 14.9. The SMILES string of the molecule is C[C@H](Cn1nc(N=C=S)cc1C(C)(C)C)OCc1ccccc1. The lowest BCUT2D eigenvalue weighted by Gasteiger charge is -2.22. The third-order valence-corrected chi connectivity index (χ3v) is 3.59. The molecule has 0 radical (unpaired) electrons. The number of thiocarbonyl (C=S) groups is 1. The Labute approximate surface area is 143 Å². The molecule has 0 aliphatic heterocycles. The summed E-state index contributed by atoms with van der Waals surface area (Å²) < 4.78 is 7.90. The van der Waals surface area contributed by atoms with Crippen LogP contribution in [0.3, 0.4) is 0 Å². The molecule has 0 aliphatic rings. The van der Waals surface area contributed by atoms with Crippen LogP contribution in [0.15, 0.2) is 41.4 Å². The first-order chi connectivity index (χ1) is 10.9. The predicted octanol–water partition coefficient (Wildman–Crippen LogP) is 4.52. The molecule has 0 spiro atoms. The third-order valence-electron chi connectivity index (χ3n) is 3.50. The number of aliphatic imine (C=N–C) groups is 1. The van der Waals surface area contributed by atoms with Gasteiger partial charge in [-0.1, -0.05) is 51.1 Å². The van der Waals surface area contributed by atoms with Crippen LogP contribution >= 0.6 is 12.2 Å². The van der Waals surface area contributed by atoms with E-state index in [2.05, 4.69) is 67.3 Å². The molecule has 0 saturated heterocycles. The van der Waals surface area contributed by atoms with Crippen molar-refractivity contribution < 1.29 is 4.74 Å². The number of nitrogens with zero attached hydrogens (tertiary/aromatic N) is 3. The lowest BCUT2D eigenvalue weighted by Crippen LogP contribution is -2.24. The third kappa shape index (κ3) is 5.10. The van der Waals surface area contributed by atoms with Crippen LogP contribution in [-0.2, 0) is 23.3 Å². The molecule has 1 atom stereocenters. The highest BCUT2D eigenvalue weighted by Crippen LogP contribution is 2.26. The number of ether oxygens (including phenoxy) is 1. The van der Waals surface area contributed by atoms with Gasteiger partial charge in [-0.15, -0.1) is 0 Å². The maximum absolute atomic E-state index is 5.94. The second-order valence-corrected chi connectivity index (χ2v) is 6.81. The van der Waals surface area contributed by atoms with Gasteiger partial charge in [0.1, 0.15) is 0 Å². The Balaban J connectivity index is 2.07. The van der Waals surface area contributed by atoms with Gasteiger partial charge in [-0.3, -0.25) is 4.68 Å². The molecule has 2 rings (SSSR count). The monoisotopic (exact) mass is 329 g/mol. The van der Waals surface area contributed by atoms with Gasteiger partial charge in [-0.25, -0.2) is 0 Å². The Morgan fingerprint density at radius 1 is 1.30 bits per heavy atom. The van der Waals surface area contributed by atoms with E-state index in [1.165, 1.54) is 5.56 Å². The van der Waals surface area contributed by atoms with Crippen LogP contribution in [0.1, 0.15) is 39.0 Å². The molecule has 122 valence electrons. The van der Waals surface area contributed by atoms with Gasteiger partial charge in [0.2, 0.25) is 0 Å². The highest BCUT2D eigenvalue weighted by atomic mass is 32.1. The van der Waals surface area contributed by atoms with Gasteiger partial charge >= 0.3 is 0 Å². The van der Waals surface area contributed by atoms with Crippen molar-refractivity contribution in [1.29, 1.82) is 0 Å². The molecule has 1 heterocycles. The summed E-state index contributed by atoms with van der Waals surface area (Å²) in [6.07, 6.45) is 0.0421. The lowest BCUT2D eigenvalue weighted by atomic mass is 9.92. The van der Waals surface area contributed by atoms with E-state index < -0.39 is 0 Å². The Morgan fingerprint density at radius 2 is 2.00 bits per heavy atom. The number of hydrogen-bond donors (Lipinski definition) is 0. The van der Waals surface area contributed by atoms with Crippen LogP contribution < -0.4 is 0 Å². The minimum absolute atomic E-state index is 0.0264. The number of aromatic nitrogens is 2. The normalized spacial score (nSPS) is 12.7. The van der Waals surface area contributed by atoms with Crippen molar-refractivity contribution in [3.8, 4) is 0 Å². The molecule has 23 heavy (non-hydrogen) atoms. The summed E-state index contributed by atoms with van der Waals surface area (Å²) in [7, 11) is 0. The first kappa shape index (κ1) is 17.5. The number of isothiocyanates is 1. The van der Waals surface area contributed by atoms with Gasteiger partial charge in [0.15, 0.2) is 5.82 Å². The van der Waals surface area contributed by atoms with Crippen molar-refractivity contribution in [3.05, 3.63) is 47.7 Å². The summed E-state index contributed by atoms with van der Waals surface area (Å²) in [5, 5.41) is 6.88. The van der Waals surface area contributed by atoms with Gasteiger partial charge < -0.3 is 4.74 Å². The van der Waals surface area contributed by atoms with Crippen LogP contribution in [0.5, 0.6) is 0 Å². The zero-order chi connectivity index (χ0) is 16.9. The van der Waals surface area contributed by atoms with Crippen LogP contribution in [-0.4, -0.2) is 21.0 Å². The molecule has 4 nitrogen and oxygen atoms in total. The van der Waals surface area contributed by atoms with Crippen LogP contribution in [0.2, 0.25) is 0 Å². The Bertz CT molecular complexity index is 682. The van der Waals surface area contributed by atoms with Crippen molar-refractivity contribution in [1.82, 2.24) is 9.78 Å². The summed E-state index contributed by atoms with van der Waals surface area (Å²) in [5.74, 6) is 0.597. The minimum atomic E-state index is -0.0264. The summed E-state index contributed by atoms with van der Waals surface area (Å²) in [4.78, 5) is 3.99. The molecule has 0 saturated carbocycles. The van der Waals surface area contributed by atoms with E-state index in [0.717, 1.165) is 5.69 Å². The van der Waals surface area contributed by atoms with E-state index in [9.17, 15) is 0 Å². The Hall–Kier alpha value is -1.81. The molecular formula is C18H23N3OS. The second-order valence-electron chi connectivity index (χ2n) is 6.63. The smallest absolute Gasteiger partial charge is 0.184 e. The molecule has 0 aliphatic carbocycles. The van der Waals surface area contributed by atoms with Crippen LogP contribution in [0.4, 0.5) is 5.82 Å². The molecule has 0 amide bonds. The van der Waals surface area contributed by atoms with Crippen LogP contribution in [0, 0.1) is 0 Å². The second kappa shape index (κ2) is 7.64. The Kier molecular flexibility index (Phi) is 5.83. The zero-order valence-electron chi connectivity index (χ0n) is 14.1. The van der Waals surface area contributed by atoms with Gasteiger partial charge in [-0.2, -0.15) is 10.1 Å². The highest BCUT2D eigenvalue weighted by molar-refractivity contribution is 7.78. The topological polar surface area (TPSA) is 39.4 Å². The highest BCUT2D eigenvalue weighted by Gasteiger charge is 2.22. The lowest BCUT2D eigenvalue weighted by molar-refractivity contribution is 0.0386. The van der Waals surface area contributed by atoms with Gasteiger partial charge in [-0.05, 0) is 24.7 Å². The fourth-order valence-corrected chi connectivity index (χ4v) is 2.45. The largest absolute Gasteiger partial charge is 0.372 e. The van der Waals surface area contributed by atoms with E-state index in [1.807, 2.05) is 28.9 Å². The maximum Gasteiger partial charge on any atom is 0.184 e. The van der Waals surface area contributed by atoms with Gasteiger partial charge in [0.05, 0.1) is 24.4 Å². The average Bonchev–Trinajstić information content (AvgIpc) is 2.89. The number of rotatable bonds is 6. The van der Waals surface area contributed by atoms with Crippen molar-refractivity contribution in [2.24, 2.45) is 4.99 Å². The van der Waals surface area contributed by atoms with Crippen LogP contribution in [0.25, 0.3) is 0 Å². The number of benzene rings is 1. The molecule has 1 aromatic heterocycles. The standard InChI is InChI=1S/C18H23N3OS/c1-14(22-12-15-8-6-5-7-9-15)11-21-16(18(2,3)4)10-17(20-21)19-13-23/h5-10,14H,11-12H2,1-4H3/t14-/m1/s1. The quantitative estimate of drug-likeness (QED) is 0.578. The molecular weight excluding hydrogens is 306 g/mol.